The Bertz CT molecular complexity index is 1130. The fourth-order valence-corrected chi connectivity index (χ4v) is 5.35. The van der Waals surface area contributed by atoms with Gasteiger partial charge in [0.2, 0.25) is 5.91 Å². The van der Waals surface area contributed by atoms with Crippen molar-refractivity contribution in [2.24, 2.45) is 0 Å². The average Bonchev–Trinajstić information content (AvgIpc) is 3.44. The molecule has 30 heavy (non-hydrogen) atoms. The fraction of sp³-hybridized carbons (Fsp3) is 0.435. The van der Waals surface area contributed by atoms with Crippen molar-refractivity contribution in [2.75, 3.05) is 11.1 Å². The molecule has 3 aromatic rings. The van der Waals surface area contributed by atoms with Crippen LogP contribution in [0.2, 0.25) is 0 Å². The molecule has 1 aliphatic carbocycles. The van der Waals surface area contributed by atoms with Gasteiger partial charge < -0.3 is 14.5 Å². The molecular formula is C23H27N5OS. The van der Waals surface area contributed by atoms with E-state index in [0.29, 0.717) is 17.4 Å². The Balaban J connectivity index is 1.55. The van der Waals surface area contributed by atoms with E-state index in [-0.39, 0.29) is 11.7 Å². The number of rotatable bonds is 6. The highest BCUT2D eigenvalue weighted by Gasteiger charge is 2.26. The first-order valence-corrected chi connectivity index (χ1v) is 11.5. The zero-order valence-corrected chi connectivity index (χ0v) is 18.6. The summed E-state index contributed by atoms with van der Waals surface area (Å²) in [6, 6.07) is 10.7. The van der Waals surface area contributed by atoms with Gasteiger partial charge in [0.25, 0.3) is 0 Å². The minimum Gasteiger partial charge on any atom is -0.327 e. The zero-order valence-electron chi connectivity index (χ0n) is 17.7. The SMILES string of the molecule is CCn1c(SCC(=O)Nc2c(C#N)c(C)c(C)n2C2CCCC2)nc2ccccc21. The number of carbonyl (C=O) groups is 1. The van der Waals surface area contributed by atoms with Crippen LogP contribution in [0.1, 0.15) is 55.5 Å². The minimum atomic E-state index is -0.108. The van der Waals surface area contributed by atoms with Crippen molar-refractivity contribution < 1.29 is 4.79 Å². The number of nitrogens with zero attached hydrogens (tertiary/aromatic N) is 4. The minimum absolute atomic E-state index is 0.108. The van der Waals surface area contributed by atoms with Crippen molar-refractivity contribution in [1.82, 2.24) is 14.1 Å². The molecule has 1 N–H and O–H groups in total. The summed E-state index contributed by atoms with van der Waals surface area (Å²) in [6.45, 7) is 6.89. The van der Waals surface area contributed by atoms with Crippen molar-refractivity contribution in [3.05, 3.63) is 41.1 Å². The molecule has 1 fully saturated rings. The number of hydrogen-bond donors (Lipinski definition) is 1. The number of para-hydroxylation sites is 2. The van der Waals surface area contributed by atoms with Gasteiger partial charge in [0.15, 0.2) is 5.16 Å². The summed E-state index contributed by atoms with van der Waals surface area (Å²) in [5.74, 6) is 0.805. The molecule has 0 saturated heterocycles. The van der Waals surface area contributed by atoms with Crippen LogP contribution in [0.15, 0.2) is 29.4 Å². The van der Waals surface area contributed by atoms with Gasteiger partial charge in [-0.1, -0.05) is 36.7 Å². The topological polar surface area (TPSA) is 75.6 Å². The predicted octanol–water partition coefficient (Wildman–Crippen LogP) is 5.19. The zero-order chi connectivity index (χ0) is 21.3. The van der Waals surface area contributed by atoms with Crippen molar-refractivity contribution >= 4 is 34.5 Å². The average molecular weight is 422 g/mol. The lowest BCUT2D eigenvalue weighted by atomic mass is 10.2. The number of aromatic nitrogens is 3. The second-order valence-electron chi connectivity index (χ2n) is 7.82. The lowest BCUT2D eigenvalue weighted by Gasteiger charge is -2.19. The molecule has 1 aliphatic rings. The monoisotopic (exact) mass is 421 g/mol. The maximum Gasteiger partial charge on any atom is 0.235 e. The second-order valence-corrected chi connectivity index (χ2v) is 8.76. The van der Waals surface area contributed by atoms with Gasteiger partial charge in [-0.3, -0.25) is 4.79 Å². The molecule has 0 radical (unpaired) electrons. The molecule has 0 bridgehead atoms. The molecule has 4 rings (SSSR count). The van der Waals surface area contributed by atoms with Gasteiger partial charge in [0.05, 0.1) is 22.3 Å². The van der Waals surface area contributed by atoms with Crippen LogP contribution in [0.4, 0.5) is 5.82 Å². The summed E-state index contributed by atoms with van der Waals surface area (Å²) in [4.78, 5) is 17.5. The van der Waals surface area contributed by atoms with E-state index in [1.165, 1.54) is 24.6 Å². The van der Waals surface area contributed by atoms with Crippen LogP contribution in [0.3, 0.4) is 0 Å². The molecule has 1 aromatic carbocycles. The maximum atomic E-state index is 12.9. The third-order valence-corrected chi connectivity index (χ3v) is 7.06. The van der Waals surface area contributed by atoms with Gasteiger partial charge in [-0.15, -0.1) is 0 Å². The molecule has 1 amide bonds. The number of thioether (sulfide) groups is 1. The normalized spacial score (nSPS) is 14.3. The number of aryl methyl sites for hydroxylation is 1. The van der Waals surface area contributed by atoms with E-state index in [2.05, 4.69) is 38.5 Å². The number of nitrogens with one attached hydrogen (secondary N) is 1. The molecule has 2 aromatic heterocycles. The van der Waals surface area contributed by atoms with Crippen LogP contribution in [0, 0.1) is 25.2 Å². The third-order valence-electron chi connectivity index (χ3n) is 6.08. The number of nitriles is 1. The molecular weight excluding hydrogens is 394 g/mol. The Labute approximate surface area is 181 Å². The lowest BCUT2D eigenvalue weighted by molar-refractivity contribution is -0.113. The highest BCUT2D eigenvalue weighted by molar-refractivity contribution is 7.99. The second kappa shape index (κ2) is 8.57. The van der Waals surface area contributed by atoms with E-state index in [0.717, 1.165) is 46.8 Å². The number of anilines is 1. The van der Waals surface area contributed by atoms with Crippen LogP contribution >= 0.6 is 11.8 Å². The van der Waals surface area contributed by atoms with E-state index in [4.69, 9.17) is 0 Å². The van der Waals surface area contributed by atoms with E-state index < -0.39 is 0 Å². The van der Waals surface area contributed by atoms with Crippen LogP contribution in [-0.4, -0.2) is 25.8 Å². The number of amides is 1. The standard InChI is InChI=1S/C23H27N5OS/c1-4-27-20-12-8-7-11-19(20)25-23(27)30-14-21(29)26-22-18(13-24)15(2)16(3)28(22)17-9-5-6-10-17/h7-8,11-12,17H,4-6,9-10,14H2,1-3H3,(H,26,29). The summed E-state index contributed by atoms with van der Waals surface area (Å²) in [7, 11) is 0. The Kier molecular flexibility index (Phi) is 5.87. The first-order valence-electron chi connectivity index (χ1n) is 10.5. The molecule has 0 aliphatic heterocycles. The van der Waals surface area contributed by atoms with Gasteiger partial charge in [-0.05, 0) is 51.3 Å². The number of hydrogen-bond acceptors (Lipinski definition) is 4. The van der Waals surface area contributed by atoms with Crippen LogP contribution in [-0.2, 0) is 11.3 Å². The van der Waals surface area contributed by atoms with Crippen LogP contribution < -0.4 is 5.32 Å². The summed E-state index contributed by atoms with van der Waals surface area (Å²) >= 11 is 1.43. The summed E-state index contributed by atoms with van der Waals surface area (Å²) < 4.78 is 4.31. The van der Waals surface area contributed by atoms with Crippen molar-refractivity contribution in [2.45, 2.75) is 64.2 Å². The Morgan fingerprint density at radius 2 is 2.03 bits per heavy atom. The Morgan fingerprint density at radius 1 is 1.30 bits per heavy atom. The molecule has 0 spiro atoms. The number of imidazole rings is 1. The largest absolute Gasteiger partial charge is 0.327 e. The lowest BCUT2D eigenvalue weighted by Crippen LogP contribution is -2.20. The smallest absolute Gasteiger partial charge is 0.235 e. The molecule has 6 nitrogen and oxygen atoms in total. The predicted molar refractivity (Wildman–Crippen MR) is 121 cm³/mol. The highest BCUT2D eigenvalue weighted by atomic mass is 32.2. The van der Waals surface area contributed by atoms with Crippen molar-refractivity contribution in [3.8, 4) is 6.07 Å². The van der Waals surface area contributed by atoms with E-state index >= 15 is 0 Å². The van der Waals surface area contributed by atoms with E-state index in [1.807, 2.05) is 32.0 Å². The van der Waals surface area contributed by atoms with Crippen LogP contribution in [0.25, 0.3) is 11.0 Å². The Morgan fingerprint density at radius 3 is 2.73 bits per heavy atom. The molecule has 2 heterocycles. The quantitative estimate of drug-likeness (QED) is 0.556. The molecule has 156 valence electrons. The van der Waals surface area contributed by atoms with E-state index in [9.17, 15) is 10.1 Å². The first-order chi connectivity index (χ1) is 14.5. The van der Waals surface area contributed by atoms with Gasteiger partial charge in [0, 0.05) is 18.3 Å². The van der Waals surface area contributed by atoms with Gasteiger partial charge in [-0.2, -0.15) is 5.26 Å². The first kappa shape index (κ1) is 20.5. The fourth-order valence-electron chi connectivity index (χ4n) is 4.47. The molecule has 1 saturated carbocycles. The van der Waals surface area contributed by atoms with Gasteiger partial charge in [-0.25, -0.2) is 4.98 Å². The van der Waals surface area contributed by atoms with Crippen LogP contribution in [0.5, 0.6) is 0 Å². The molecule has 0 unspecified atom stereocenters. The third kappa shape index (κ3) is 3.61. The summed E-state index contributed by atoms with van der Waals surface area (Å²) in [5, 5.41) is 13.6. The summed E-state index contributed by atoms with van der Waals surface area (Å²) in [5.41, 5.74) is 4.64. The number of carbonyl (C=O) groups excluding carboxylic acids is 1. The molecule has 7 heteroatoms. The van der Waals surface area contributed by atoms with Crippen molar-refractivity contribution in [1.29, 1.82) is 5.26 Å². The Hall–Kier alpha value is -2.72. The summed E-state index contributed by atoms with van der Waals surface area (Å²) in [6.07, 6.45) is 4.58. The highest BCUT2D eigenvalue weighted by Crippen LogP contribution is 2.37. The maximum absolute atomic E-state index is 12.9. The van der Waals surface area contributed by atoms with Gasteiger partial charge in [0.1, 0.15) is 11.9 Å². The molecule has 0 atom stereocenters. The number of benzene rings is 1. The van der Waals surface area contributed by atoms with E-state index in [1.54, 1.807) is 0 Å². The van der Waals surface area contributed by atoms with Gasteiger partial charge >= 0.3 is 0 Å². The number of fused-ring (bicyclic) bond motifs is 1. The van der Waals surface area contributed by atoms with Crippen molar-refractivity contribution in [3.63, 3.8) is 0 Å².